The summed E-state index contributed by atoms with van der Waals surface area (Å²) in [6.45, 7) is 0.702. The summed E-state index contributed by atoms with van der Waals surface area (Å²) in [5, 5.41) is 2.04. The van der Waals surface area contributed by atoms with Gasteiger partial charge in [0.05, 0.1) is 21.8 Å². The van der Waals surface area contributed by atoms with Crippen LogP contribution in [-0.4, -0.2) is 36.5 Å². The number of amides is 2. The number of nitrogens with one attached hydrogen (secondary N) is 1. The zero-order valence-corrected chi connectivity index (χ0v) is 16.8. The van der Waals surface area contributed by atoms with E-state index in [1.165, 1.54) is 12.1 Å². The van der Waals surface area contributed by atoms with Gasteiger partial charge in [-0.1, -0.05) is 11.6 Å². The molecule has 0 saturated carbocycles. The maximum absolute atomic E-state index is 13.1. The van der Waals surface area contributed by atoms with Crippen molar-refractivity contribution in [3.05, 3.63) is 58.1 Å². The molecule has 2 amide bonds. The minimum atomic E-state index is -4.63. The van der Waals surface area contributed by atoms with Gasteiger partial charge in [0.1, 0.15) is 6.17 Å². The zero-order chi connectivity index (χ0) is 21.6. The van der Waals surface area contributed by atoms with Crippen molar-refractivity contribution < 1.29 is 22.8 Å². The first-order valence-electron chi connectivity index (χ1n) is 9.53. The lowest BCUT2D eigenvalue weighted by atomic mass is 9.97. The van der Waals surface area contributed by atoms with Crippen LogP contribution in [0, 0.1) is 0 Å². The molecule has 4 rings (SSSR count). The summed E-state index contributed by atoms with van der Waals surface area (Å²) in [6, 6.07) is 7.91. The molecule has 0 unspecified atom stereocenters. The second-order valence-corrected chi connectivity index (χ2v) is 7.87. The third kappa shape index (κ3) is 3.60. The Morgan fingerprint density at radius 1 is 1.17 bits per heavy atom. The largest absolute Gasteiger partial charge is 0.417 e. The first-order valence-corrected chi connectivity index (χ1v) is 9.90. The molecule has 2 heterocycles. The number of hydrogen-bond donors (Lipinski definition) is 1. The molecule has 2 aliphatic heterocycles. The lowest BCUT2D eigenvalue weighted by Crippen LogP contribution is -2.55. The summed E-state index contributed by atoms with van der Waals surface area (Å²) >= 11 is 5.63. The third-order valence-corrected chi connectivity index (χ3v) is 5.91. The number of anilines is 2. The normalized spacial score (nSPS) is 18.7. The average molecular weight is 438 g/mol. The van der Waals surface area contributed by atoms with Crippen molar-refractivity contribution >= 4 is 34.8 Å². The fourth-order valence-corrected chi connectivity index (χ4v) is 4.26. The van der Waals surface area contributed by atoms with Crippen LogP contribution in [-0.2, 0) is 6.18 Å². The van der Waals surface area contributed by atoms with E-state index < -0.39 is 22.7 Å². The molecule has 1 fully saturated rings. The van der Waals surface area contributed by atoms with Gasteiger partial charge in [-0.15, -0.1) is 0 Å². The molecule has 2 aromatic carbocycles. The third-order valence-electron chi connectivity index (χ3n) is 5.58. The molecule has 0 radical (unpaired) electrons. The summed E-state index contributed by atoms with van der Waals surface area (Å²) in [5.74, 6) is -0.632. The first kappa shape index (κ1) is 20.5. The van der Waals surface area contributed by atoms with Crippen LogP contribution in [0.5, 0.6) is 0 Å². The SMILES string of the molecule is CN1c2cc(C(=O)Nc3ccc(Cl)c(C(F)(F)F)c3)ccc2C(=O)N2CCCC[C@@H]21. The van der Waals surface area contributed by atoms with Gasteiger partial charge in [-0.2, -0.15) is 13.2 Å². The Bertz CT molecular complexity index is 1030. The standard InChI is InChI=1S/C21H19ClF3N3O2/c1-27-17-10-12(5-7-14(17)20(30)28-9-3-2-4-18(27)28)19(29)26-13-6-8-16(22)15(11-13)21(23,24)25/h5-8,10-11,18H,2-4,9H2,1H3,(H,26,29)/t18-/m1/s1. The van der Waals surface area contributed by atoms with Crippen LogP contribution in [0.15, 0.2) is 36.4 Å². The van der Waals surface area contributed by atoms with Crippen molar-refractivity contribution in [2.24, 2.45) is 0 Å². The number of hydrogen-bond acceptors (Lipinski definition) is 3. The maximum atomic E-state index is 13.1. The van der Waals surface area contributed by atoms with Gasteiger partial charge in [-0.05, 0) is 55.7 Å². The van der Waals surface area contributed by atoms with E-state index >= 15 is 0 Å². The number of benzene rings is 2. The van der Waals surface area contributed by atoms with Crippen LogP contribution in [0.25, 0.3) is 0 Å². The molecule has 0 bridgehead atoms. The summed E-state index contributed by atoms with van der Waals surface area (Å²) < 4.78 is 39.2. The summed E-state index contributed by atoms with van der Waals surface area (Å²) in [4.78, 5) is 29.3. The predicted molar refractivity (Wildman–Crippen MR) is 108 cm³/mol. The smallest absolute Gasteiger partial charge is 0.354 e. The highest BCUT2D eigenvalue weighted by Gasteiger charge is 2.37. The van der Waals surface area contributed by atoms with Gasteiger partial charge in [0.15, 0.2) is 0 Å². The van der Waals surface area contributed by atoms with Crippen molar-refractivity contribution in [3.63, 3.8) is 0 Å². The number of halogens is 4. The van der Waals surface area contributed by atoms with Gasteiger partial charge >= 0.3 is 6.18 Å². The summed E-state index contributed by atoms with van der Waals surface area (Å²) in [7, 11) is 1.88. The monoisotopic (exact) mass is 437 g/mol. The molecule has 0 aromatic heterocycles. The van der Waals surface area contributed by atoms with Crippen LogP contribution < -0.4 is 10.2 Å². The van der Waals surface area contributed by atoms with Gasteiger partial charge < -0.3 is 15.1 Å². The highest BCUT2D eigenvalue weighted by Crippen LogP contribution is 2.37. The van der Waals surface area contributed by atoms with Crippen molar-refractivity contribution in [3.8, 4) is 0 Å². The van der Waals surface area contributed by atoms with Crippen molar-refractivity contribution in [1.29, 1.82) is 0 Å². The number of carbonyl (C=O) groups is 2. The Morgan fingerprint density at radius 3 is 2.67 bits per heavy atom. The molecule has 2 aliphatic rings. The Hall–Kier alpha value is -2.74. The second kappa shape index (κ2) is 7.50. The lowest BCUT2D eigenvalue weighted by molar-refractivity contribution is -0.137. The van der Waals surface area contributed by atoms with Gasteiger partial charge in [-0.3, -0.25) is 9.59 Å². The van der Waals surface area contributed by atoms with Crippen LogP contribution in [0.1, 0.15) is 45.5 Å². The van der Waals surface area contributed by atoms with Gasteiger partial charge in [0, 0.05) is 24.8 Å². The highest BCUT2D eigenvalue weighted by atomic mass is 35.5. The summed E-state index contributed by atoms with van der Waals surface area (Å²) in [6.07, 6.45) is -1.84. The molecule has 30 heavy (non-hydrogen) atoms. The first-order chi connectivity index (χ1) is 14.2. The van der Waals surface area contributed by atoms with E-state index in [2.05, 4.69) is 5.32 Å². The number of fused-ring (bicyclic) bond motifs is 2. The van der Waals surface area contributed by atoms with Crippen LogP contribution >= 0.6 is 11.6 Å². The highest BCUT2D eigenvalue weighted by molar-refractivity contribution is 6.31. The van der Waals surface area contributed by atoms with Gasteiger partial charge in [-0.25, -0.2) is 0 Å². The Labute approximate surface area is 176 Å². The molecule has 9 heteroatoms. The van der Waals surface area contributed by atoms with E-state index in [0.717, 1.165) is 31.4 Å². The van der Waals surface area contributed by atoms with Gasteiger partial charge in [0.2, 0.25) is 0 Å². The van der Waals surface area contributed by atoms with Crippen LogP contribution in [0.4, 0.5) is 24.5 Å². The maximum Gasteiger partial charge on any atom is 0.417 e. The fourth-order valence-electron chi connectivity index (χ4n) is 4.04. The minimum absolute atomic E-state index is 0.0164. The van der Waals surface area contributed by atoms with E-state index in [1.54, 1.807) is 12.1 Å². The molecule has 5 nitrogen and oxygen atoms in total. The predicted octanol–water partition coefficient (Wildman–Crippen LogP) is 5.01. The zero-order valence-electron chi connectivity index (χ0n) is 16.1. The summed E-state index contributed by atoms with van der Waals surface area (Å²) in [5.41, 5.74) is 0.370. The van der Waals surface area contributed by atoms with Crippen molar-refractivity contribution in [1.82, 2.24) is 4.90 Å². The molecule has 1 saturated heterocycles. The number of piperidine rings is 1. The quantitative estimate of drug-likeness (QED) is 0.718. The Kier molecular flexibility index (Phi) is 5.13. The molecular formula is C21H19ClF3N3O2. The van der Waals surface area contributed by atoms with E-state index in [4.69, 9.17) is 11.6 Å². The Balaban J connectivity index is 1.61. The molecule has 1 atom stereocenters. The molecule has 0 aliphatic carbocycles. The molecule has 0 spiro atoms. The van der Waals surface area contributed by atoms with E-state index in [-0.39, 0.29) is 23.3 Å². The average Bonchev–Trinajstić information content (AvgIpc) is 2.72. The second-order valence-electron chi connectivity index (χ2n) is 7.46. The molecular weight excluding hydrogens is 419 g/mol. The van der Waals surface area contributed by atoms with E-state index in [1.807, 2.05) is 16.8 Å². The lowest BCUT2D eigenvalue weighted by Gasteiger charge is -2.46. The number of rotatable bonds is 2. The van der Waals surface area contributed by atoms with E-state index in [0.29, 0.717) is 17.8 Å². The van der Waals surface area contributed by atoms with Crippen molar-refractivity contribution in [2.45, 2.75) is 31.6 Å². The molecule has 1 N–H and O–H groups in total. The molecule has 158 valence electrons. The number of carbonyl (C=O) groups excluding carboxylic acids is 2. The van der Waals surface area contributed by atoms with Crippen LogP contribution in [0.3, 0.4) is 0 Å². The van der Waals surface area contributed by atoms with Crippen LogP contribution in [0.2, 0.25) is 5.02 Å². The number of alkyl halides is 3. The fraction of sp³-hybridized carbons (Fsp3) is 0.333. The van der Waals surface area contributed by atoms with Gasteiger partial charge in [0.25, 0.3) is 11.8 Å². The number of nitrogens with zero attached hydrogens (tertiary/aromatic N) is 2. The van der Waals surface area contributed by atoms with E-state index in [9.17, 15) is 22.8 Å². The topological polar surface area (TPSA) is 52.7 Å². The van der Waals surface area contributed by atoms with Crippen molar-refractivity contribution in [2.75, 3.05) is 23.8 Å². The Morgan fingerprint density at radius 2 is 1.93 bits per heavy atom. The molecule has 2 aromatic rings. The minimum Gasteiger partial charge on any atom is -0.354 e.